The Morgan fingerprint density at radius 1 is 1.26 bits per heavy atom. The molecular formula is C22H27N5O6S. The van der Waals surface area contributed by atoms with Crippen LogP contribution in [-0.4, -0.2) is 77.7 Å². The summed E-state index contributed by atoms with van der Waals surface area (Å²) in [5.74, 6) is 1.33. The van der Waals surface area contributed by atoms with E-state index in [1.165, 1.54) is 10.6 Å². The lowest BCUT2D eigenvalue weighted by atomic mass is 9.96. The first kappa shape index (κ1) is 25.2. The van der Waals surface area contributed by atoms with Gasteiger partial charge in [-0.3, -0.25) is 9.59 Å². The van der Waals surface area contributed by atoms with Crippen LogP contribution in [-0.2, 0) is 32.7 Å². The monoisotopic (exact) mass is 489 g/mol. The molecule has 0 bridgehead atoms. The predicted molar refractivity (Wildman–Crippen MR) is 122 cm³/mol. The second-order valence-electron chi connectivity index (χ2n) is 8.06. The van der Waals surface area contributed by atoms with E-state index in [2.05, 4.69) is 6.07 Å². The molecule has 11 nitrogen and oxygen atoms in total. The number of benzene rings is 1. The van der Waals surface area contributed by atoms with E-state index in [0.29, 0.717) is 62.6 Å². The Morgan fingerprint density at radius 2 is 1.94 bits per heavy atom. The first-order chi connectivity index (χ1) is 16.2. The number of hydrogen-bond acceptors (Lipinski definition) is 7. The summed E-state index contributed by atoms with van der Waals surface area (Å²) in [6.07, 6.45) is 4.22. The minimum atomic E-state index is -3.21. The van der Waals surface area contributed by atoms with Crippen molar-refractivity contribution in [1.29, 1.82) is 5.26 Å². The molecule has 0 aliphatic carbocycles. The van der Waals surface area contributed by atoms with Crippen LogP contribution in [0.1, 0.15) is 24.2 Å². The molecule has 0 unspecified atom stereocenters. The number of ether oxygens (including phenoxy) is 1. The van der Waals surface area contributed by atoms with Crippen LogP contribution >= 0.6 is 0 Å². The van der Waals surface area contributed by atoms with E-state index in [-0.39, 0.29) is 18.3 Å². The summed E-state index contributed by atoms with van der Waals surface area (Å²) in [6, 6.07) is 7.35. The van der Waals surface area contributed by atoms with Crippen LogP contribution in [0.4, 0.5) is 0 Å². The summed E-state index contributed by atoms with van der Waals surface area (Å²) >= 11 is 0. The number of rotatable bonds is 4. The third kappa shape index (κ3) is 5.55. The molecular weight excluding hydrogens is 462 g/mol. The standard InChI is InChI=1S/C21H25N5O4S.CH2O2/c1-30-19-4-3-15(12-22)11-17(19)18-13-24-9-10-25(14-20(24)23-18)21(27)16-5-7-26(8-6-16)31(2,28)29;2-1-3/h3-4,11,13,16H,5-10,14H2,1-2H3;1H,(H,2,3). The van der Waals surface area contributed by atoms with E-state index in [1.54, 1.807) is 25.3 Å². The third-order valence-electron chi connectivity index (χ3n) is 5.99. The number of carbonyl (C=O) groups excluding carboxylic acids is 1. The molecule has 2 aliphatic heterocycles. The zero-order valence-electron chi connectivity index (χ0n) is 19.0. The average Bonchev–Trinajstić information content (AvgIpc) is 3.26. The highest BCUT2D eigenvalue weighted by molar-refractivity contribution is 7.88. The fourth-order valence-electron chi connectivity index (χ4n) is 4.24. The fourth-order valence-corrected chi connectivity index (χ4v) is 5.11. The number of amides is 1. The molecule has 0 spiro atoms. The second kappa shape index (κ2) is 10.7. The van der Waals surface area contributed by atoms with Crippen molar-refractivity contribution < 1.29 is 27.9 Å². The third-order valence-corrected chi connectivity index (χ3v) is 7.29. The van der Waals surface area contributed by atoms with Gasteiger partial charge in [-0.25, -0.2) is 17.7 Å². The van der Waals surface area contributed by atoms with Crippen LogP contribution in [0, 0.1) is 17.2 Å². The molecule has 1 aromatic heterocycles. The normalized spacial score (nSPS) is 16.6. The summed E-state index contributed by atoms with van der Waals surface area (Å²) in [6.45, 7) is 2.15. The van der Waals surface area contributed by atoms with Crippen LogP contribution < -0.4 is 4.74 Å². The summed E-state index contributed by atoms with van der Waals surface area (Å²) < 4.78 is 32.3. The number of methoxy groups -OCH3 is 1. The minimum Gasteiger partial charge on any atom is -0.496 e. The molecule has 0 atom stereocenters. The Hall–Kier alpha value is -3.43. The molecule has 2 aliphatic rings. The Labute approximate surface area is 198 Å². The smallest absolute Gasteiger partial charge is 0.290 e. The van der Waals surface area contributed by atoms with Gasteiger partial charge >= 0.3 is 0 Å². The fraction of sp³-hybridized carbons (Fsp3) is 0.455. The molecule has 1 N–H and O–H groups in total. The summed E-state index contributed by atoms with van der Waals surface area (Å²) in [7, 11) is -1.63. The number of nitrogens with zero attached hydrogens (tertiary/aromatic N) is 5. The van der Waals surface area contributed by atoms with Crippen LogP contribution in [0.3, 0.4) is 0 Å². The lowest BCUT2D eigenvalue weighted by Crippen LogP contribution is -2.46. The van der Waals surface area contributed by atoms with Crippen molar-refractivity contribution in [2.45, 2.75) is 25.9 Å². The van der Waals surface area contributed by atoms with Gasteiger partial charge in [0.05, 0.1) is 37.2 Å². The van der Waals surface area contributed by atoms with Crippen molar-refractivity contribution in [1.82, 2.24) is 18.8 Å². The van der Waals surface area contributed by atoms with Crippen molar-refractivity contribution in [3.63, 3.8) is 0 Å². The molecule has 12 heteroatoms. The highest BCUT2D eigenvalue weighted by atomic mass is 32.2. The Kier molecular flexibility index (Phi) is 7.90. The zero-order chi connectivity index (χ0) is 24.9. The highest BCUT2D eigenvalue weighted by Crippen LogP contribution is 2.31. The van der Waals surface area contributed by atoms with Crippen molar-refractivity contribution in [2.24, 2.45) is 5.92 Å². The van der Waals surface area contributed by atoms with Crippen molar-refractivity contribution in [3.05, 3.63) is 35.8 Å². The van der Waals surface area contributed by atoms with Gasteiger partial charge in [-0.15, -0.1) is 0 Å². The lowest BCUT2D eigenvalue weighted by Gasteiger charge is -2.34. The van der Waals surface area contributed by atoms with Crippen molar-refractivity contribution in [3.8, 4) is 23.1 Å². The van der Waals surface area contributed by atoms with Gasteiger partial charge < -0.3 is 19.3 Å². The quantitative estimate of drug-likeness (QED) is 0.629. The first-order valence-electron chi connectivity index (χ1n) is 10.7. The Balaban J connectivity index is 0.00000103. The maximum absolute atomic E-state index is 13.0. The zero-order valence-corrected chi connectivity index (χ0v) is 19.9. The molecule has 2 aromatic rings. The van der Waals surface area contributed by atoms with Gasteiger partial charge in [0.15, 0.2) is 0 Å². The number of hydrogen-bond donors (Lipinski definition) is 1. The molecule has 0 saturated carbocycles. The van der Waals surface area contributed by atoms with E-state index < -0.39 is 10.0 Å². The van der Waals surface area contributed by atoms with Crippen LogP contribution in [0.15, 0.2) is 24.4 Å². The molecule has 0 radical (unpaired) electrons. The van der Waals surface area contributed by atoms with Gasteiger partial charge in [0.1, 0.15) is 11.6 Å². The molecule has 182 valence electrons. The topological polar surface area (TPSA) is 146 Å². The van der Waals surface area contributed by atoms with E-state index in [9.17, 15) is 18.5 Å². The van der Waals surface area contributed by atoms with Crippen LogP contribution in [0.5, 0.6) is 5.75 Å². The second-order valence-corrected chi connectivity index (χ2v) is 10.0. The first-order valence-corrected chi connectivity index (χ1v) is 12.5. The molecule has 34 heavy (non-hydrogen) atoms. The molecule has 3 heterocycles. The van der Waals surface area contributed by atoms with E-state index >= 15 is 0 Å². The number of piperidine rings is 1. The maximum atomic E-state index is 13.0. The van der Waals surface area contributed by atoms with Crippen molar-refractivity contribution in [2.75, 3.05) is 33.0 Å². The van der Waals surface area contributed by atoms with Gasteiger partial charge in [0.25, 0.3) is 6.47 Å². The number of fused-ring (bicyclic) bond motifs is 1. The average molecular weight is 490 g/mol. The van der Waals surface area contributed by atoms with Gasteiger partial charge in [0, 0.05) is 43.9 Å². The van der Waals surface area contributed by atoms with Gasteiger partial charge in [-0.2, -0.15) is 5.26 Å². The van der Waals surface area contributed by atoms with Gasteiger partial charge in [-0.1, -0.05) is 0 Å². The number of sulfonamides is 1. The number of nitriles is 1. The van der Waals surface area contributed by atoms with Crippen LogP contribution in [0.25, 0.3) is 11.3 Å². The predicted octanol–water partition coefficient (Wildman–Crippen LogP) is 1.14. The van der Waals surface area contributed by atoms with Crippen LogP contribution in [0.2, 0.25) is 0 Å². The largest absolute Gasteiger partial charge is 0.496 e. The number of carboxylic acid groups (broad SMARTS) is 1. The number of aromatic nitrogens is 2. The lowest BCUT2D eigenvalue weighted by molar-refractivity contribution is -0.138. The minimum absolute atomic E-state index is 0.0630. The van der Waals surface area contributed by atoms with E-state index in [1.807, 2.05) is 15.7 Å². The Bertz CT molecular complexity index is 1190. The van der Waals surface area contributed by atoms with E-state index in [4.69, 9.17) is 19.6 Å². The molecule has 1 amide bonds. The van der Waals surface area contributed by atoms with E-state index in [0.717, 1.165) is 11.4 Å². The summed E-state index contributed by atoms with van der Waals surface area (Å²) in [5, 5.41) is 16.1. The summed E-state index contributed by atoms with van der Waals surface area (Å²) in [4.78, 5) is 27.9. The molecule has 4 rings (SSSR count). The summed E-state index contributed by atoms with van der Waals surface area (Å²) in [5.41, 5.74) is 1.98. The SMILES string of the molecule is COc1ccc(C#N)cc1-c1cn2c(n1)CN(C(=O)C1CCN(S(C)(=O)=O)CC1)CC2.O=CO. The van der Waals surface area contributed by atoms with Crippen molar-refractivity contribution >= 4 is 22.4 Å². The number of imidazole rings is 1. The van der Waals surface area contributed by atoms with Gasteiger partial charge in [-0.05, 0) is 31.0 Å². The highest BCUT2D eigenvalue weighted by Gasteiger charge is 2.33. The number of carbonyl (C=O) groups is 2. The van der Waals surface area contributed by atoms with Gasteiger partial charge in [0.2, 0.25) is 15.9 Å². The molecule has 1 fully saturated rings. The maximum Gasteiger partial charge on any atom is 0.290 e. The molecule has 1 aromatic carbocycles. The molecule has 1 saturated heterocycles. The Morgan fingerprint density at radius 3 is 2.53 bits per heavy atom.